The molecular formula is C84H187Br5N10O19S15+2. The molecule has 0 aliphatic carbocycles. The van der Waals surface area contributed by atoms with Crippen LogP contribution in [0.4, 0.5) is 0 Å². The number of ether oxygens (including phenoxy) is 3. The van der Waals surface area contributed by atoms with Crippen LogP contribution in [0.25, 0.3) is 0 Å². The zero-order chi connectivity index (χ0) is 102. The van der Waals surface area contributed by atoms with E-state index in [2.05, 4.69) is 168 Å². The first-order chi connectivity index (χ1) is 59.5. The van der Waals surface area contributed by atoms with Gasteiger partial charge in [0.1, 0.15) is 23.7 Å². The molecule has 49 heteroatoms. The number of nitrogens with one attached hydrogen (secondary N) is 2. The van der Waals surface area contributed by atoms with Gasteiger partial charge in [0.2, 0.25) is 0 Å². The number of aliphatic hydroxyl groups is 2. The number of hydrogen-bond donors (Lipinski definition) is 6. The molecule has 0 spiro atoms. The van der Waals surface area contributed by atoms with Gasteiger partial charge in [-0.3, -0.25) is 28.2 Å². The minimum Gasteiger partial charge on any atom is -1.00 e. The highest BCUT2D eigenvalue weighted by atomic mass is 79.9. The van der Waals surface area contributed by atoms with Gasteiger partial charge in [-0.05, 0) is 62.3 Å². The molecule has 133 heavy (non-hydrogen) atoms. The molecule has 0 radical (unpaired) electrons. The molecule has 0 fully saturated rings. The van der Waals surface area contributed by atoms with Crippen LogP contribution in [-0.4, -0.2) is 486 Å². The molecule has 0 aliphatic rings. The van der Waals surface area contributed by atoms with Gasteiger partial charge in [0.05, 0.1) is 304 Å². The van der Waals surface area contributed by atoms with E-state index in [1.165, 1.54) is 76.9 Å². The van der Waals surface area contributed by atoms with Crippen molar-refractivity contribution in [3.63, 3.8) is 0 Å². The van der Waals surface area contributed by atoms with E-state index in [4.69, 9.17) is 29.9 Å². The lowest BCUT2D eigenvalue weighted by atomic mass is 10.1. The van der Waals surface area contributed by atoms with E-state index in [9.17, 15) is 52.2 Å². The Bertz CT molecular complexity index is 2580. The molecule has 0 aliphatic heterocycles. The molecule has 0 amide bonds. The Morgan fingerprint density at radius 1 is 0.368 bits per heavy atom. The highest BCUT2D eigenvalue weighted by Gasteiger charge is 2.29. The zero-order valence-electron chi connectivity index (χ0n) is 87.5. The number of esters is 3. The normalized spacial score (nSPS) is 12.9. The lowest BCUT2D eigenvalue weighted by Gasteiger charge is -2.33. The number of methoxy groups -OCH3 is 3. The van der Waals surface area contributed by atoms with E-state index < -0.39 is 45.8 Å². The minimum atomic E-state index is -3.24. The maximum atomic E-state index is 11.6. The summed E-state index contributed by atoms with van der Waals surface area (Å²) in [6.07, 6.45) is 3.46. The van der Waals surface area contributed by atoms with Crippen LogP contribution in [0.15, 0.2) is 0 Å². The second-order valence-electron chi connectivity index (χ2n) is 36.1. The molecule has 7 atom stereocenters. The average molecular weight is 2520 g/mol. The number of nitrogens with zero attached hydrogens (tertiary/aromatic N) is 8. The highest BCUT2D eigenvalue weighted by Crippen LogP contribution is 2.28. The number of carbonyl (C=O) groups is 7. The Balaban J connectivity index is -0.000000115. The Morgan fingerprint density at radius 3 is 0.774 bits per heavy atom. The Morgan fingerprint density at radius 2 is 0.579 bits per heavy atom. The molecule has 0 saturated heterocycles. The number of quaternary nitrogens is 8. The molecule has 29 nitrogen and oxygen atoms in total. The number of carboxylic acids is 4. The second-order valence-corrected chi connectivity index (χ2v) is 57.3. The molecular weight excluding hydrogens is 2330 g/mol. The molecule has 810 valence electrons. The number of hydrogen-bond acceptors (Lipinski definition) is 33. The molecule has 0 saturated carbocycles. The van der Waals surface area contributed by atoms with Crippen molar-refractivity contribution in [2.24, 2.45) is 41.4 Å². The Kier molecular flexibility index (Phi) is 128. The van der Waals surface area contributed by atoms with Gasteiger partial charge < -0.3 is 169 Å². The highest BCUT2D eigenvalue weighted by molar-refractivity contribution is 9.09. The third-order valence-electron chi connectivity index (χ3n) is 17.3. The zero-order valence-corrected chi connectivity index (χ0v) is 108. The molecule has 0 heterocycles. The maximum absolute atomic E-state index is 11.6. The number of aliphatic hydroxyl groups excluding tert-OH is 2. The lowest BCUT2D eigenvalue weighted by molar-refractivity contribution is -0.890. The first kappa shape index (κ1) is 164. The number of carboxylic acid groups (broad SMARTS) is 4. The summed E-state index contributed by atoms with van der Waals surface area (Å²) in [4.78, 5) is 84.7. The summed E-state index contributed by atoms with van der Waals surface area (Å²) < 4.78 is 43.9. The van der Waals surface area contributed by atoms with Crippen LogP contribution in [0.1, 0.15) is 82.1 Å². The number of halogens is 5. The lowest BCUT2D eigenvalue weighted by Crippen LogP contribution is -3.06. The first-order valence-electron chi connectivity index (χ1n) is 43.8. The van der Waals surface area contributed by atoms with Crippen molar-refractivity contribution in [3.05, 3.63) is 0 Å². The van der Waals surface area contributed by atoms with Crippen LogP contribution >= 0.6 is 167 Å². The second kappa shape index (κ2) is 104. The van der Waals surface area contributed by atoms with E-state index in [0.29, 0.717) is 49.4 Å². The van der Waals surface area contributed by atoms with E-state index >= 15 is 0 Å². The number of alkyl halides is 1. The van der Waals surface area contributed by atoms with Crippen molar-refractivity contribution in [2.45, 2.75) is 82.1 Å². The molecule has 0 aromatic heterocycles. The topological polar surface area (TPSA) is 333 Å². The fraction of sp³-hybridized carbons (Fsp3) is 0.917. The third kappa shape index (κ3) is 133. The van der Waals surface area contributed by atoms with Gasteiger partial charge in [-0.25, -0.2) is 0 Å². The minimum absolute atomic E-state index is 0. The SMILES string of the molecule is CC(C[N+](C)(C)CCSSCC[N+](C)(C)CC(C)C(=O)O)C(=O)O.CC(C[N+](C)(C)CCSSCC[N+](C)(C)CC(C)C(=O)[O-])C(=O)[O-].CCC.CCCSSCCOS(C)(=O)=O.CN(C)CCSSCCN(C)C.COC(=O)C(C)CBr.COC(=O)C(C)C[N+](C)(C)CCSSCC[N+](C)(C)CC(C)C(=O)OC.C[NH+](C)CCSSCC[NH+](C)C.OCCSSCCO.[Br-].[Br-].[Br-].[Br-]. The van der Waals surface area contributed by atoms with Crippen molar-refractivity contribution in [1.82, 2.24) is 9.80 Å². The summed E-state index contributed by atoms with van der Waals surface area (Å²) >= 11 is 3.16. The van der Waals surface area contributed by atoms with Crippen molar-refractivity contribution in [1.29, 1.82) is 0 Å². The van der Waals surface area contributed by atoms with Gasteiger partial charge in [-0.1, -0.05) is 215 Å². The van der Waals surface area contributed by atoms with Crippen molar-refractivity contribution >= 4 is 219 Å². The molecule has 0 aromatic carbocycles. The quantitative estimate of drug-likeness (QED) is 0.00649. The summed E-state index contributed by atoms with van der Waals surface area (Å²) in [7, 11) is 68.8. The van der Waals surface area contributed by atoms with Crippen molar-refractivity contribution in [2.75, 3.05) is 379 Å². The van der Waals surface area contributed by atoms with Crippen LogP contribution in [0.5, 0.6) is 0 Å². The standard InChI is InChI=1S/C18H38N2O4S2.2C16H32N2O4S2.2C8H20N2S2.C6H14O3S3.C5H9BrO2.C4H10O2S2.C3H8.4BrH/c1-15(17(21)23-7)13-19(3,4)9-11-25-26-12-10-20(5,6)14-16(2)18(22)24-8;2*1-13(15(19)20)11-17(3,4)7-9-23-24-10-8-18(5,6)12-14(2)16(21)22;2*1-9(2)5-7-11-12-8-6-10(3)4;1-3-5-10-11-6-4-9-12(2,7)8;1-4(3-6)5(7)8-2;5-1-3-7-8-4-2-6;1-3-2;;;;/h15-16H,9-14H2,1-8H3;2*13-14H,7-12H2,1-6H3;2*5-8H2,1-4H3;3-6H2,1-2H3;4H,3H2,1-2H3;5-6H,1-4H2;3H2,1-2H3;4*1H/q+2;;;;;;;;;;;;. The van der Waals surface area contributed by atoms with Crippen LogP contribution in [0, 0.1) is 41.4 Å². The number of rotatable bonds is 67. The predicted octanol–water partition coefficient (Wildman–Crippen LogP) is -3.73. The molecule has 6 N–H and O–H groups in total. The maximum Gasteiger partial charge on any atom is 0.314 e. The molecule has 0 aromatic rings. The van der Waals surface area contributed by atoms with Gasteiger partial charge in [-0.15, -0.1) is 0 Å². The van der Waals surface area contributed by atoms with Crippen LogP contribution in [0.3, 0.4) is 0 Å². The van der Waals surface area contributed by atoms with Crippen LogP contribution in [0.2, 0.25) is 0 Å². The molecule has 7 unspecified atom stereocenters. The Labute approximate surface area is 917 Å². The summed E-state index contributed by atoms with van der Waals surface area (Å²) in [6.45, 7) is 34.2. The summed E-state index contributed by atoms with van der Waals surface area (Å²) in [5.74, 6) is 8.62. The Hall–Kier alpha value is 3.02. The van der Waals surface area contributed by atoms with Crippen LogP contribution < -0.4 is 87.9 Å². The number of aliphatic carboxylic acids is 4. The van der Waals surface area contributed by atoms with E-state index in [0.717, 1.165) is 132 Å². The molecule has 0 bridgehead atoms. The van der Waals surface area contributed by atoms with Gasteiger partial charge in [-0.2, -0.15) is 8.42 Å². The van der Waals surface area contributed by atoms with Crippen molar-refractivity contribution < 1.29 is 196 Å². The van der Waals surface area contributed by atoms with E-state index in [-0.39, 0.29) is 135 Å². The summed E-state index contributed by atoms with van der Waals surface area (Å²) in [6, 6.07) is 0. The summed E-state index contributed by atoms with van der Waals surface area (Å²) in [5.41, 5.74) is 0. The first-order valence-corrected chi connectivity index (χ1v) is 64.1. The summed E-state index contributed by atoms with van der Waals surface area (Å²) in [5, 5.41) is 56.9. The van der Waals surface area contributed by atoms with Gasteiger partial charge in [0.15, 0.2) is 0 Å². The van der Waals surface area contributed by atoms with Crippen molar-refractivity contribution in [3.8, 4) is 0 Å². The van der Waals surface area contributed by atoms with E-state index in [1.54, 1.807) is 109 Å². The van der Waals surface area contributed by atoms with Gasteiger partial charge in [0, 0.05) is 76.7 Å². The van der Waals surface area contributed by atoms with E-state index in [1.807, 2.05) is 128 Å². The smallest absolute Gasteiger partial charge is 0.314 e. The average Bonchev–Trinajstić information content (AvgIpc) is 0.906. The fourth-order valence-corrected chi connectivity index (χ4v) is 26.5. The third-order valence-corrected chi connectivity index (χ3v) is 35.7. The van der Waals surface area contributed by atoms with Gasteiger partial charge in [0.25, 0.3) is 10.1 Å². The number of carbonyl (C=O) groups excluding carboxylic acids is 5. The predicted molar refractivity (Wildman–Crippen MR) is 578 cm³/mol. The van der Waals surface area contributed by atoms with Crippen LogP contribution in [-0.2, 0) is 62.1 Å². The van der Waals surface area contributed by atoms with Gasteiger partial charge >= 0.3 is 29.8 Å². The fourth-order valence-electron chi connectivity index (χ4n) is 9.96. The monoisotopic (exact) mass is 2510 g/mol. The molecule has 0 rings (SSSR count). The largest absolute Gasteiger partial charge is 1.00 e.